The van der Waals surface area contributed by atoms with Gasteiger partial charge < -0.3 is 14.4 Å². The van der Waals surface area contributed by atoms with E-state index in [4.69, 9.17) is 4.74 Å². The van der Waals surface area contributed by atoms with Crippen LogP contribution in [0.4, 0.5) is 0 Å². The van der Waals surface area contributed by atoms with Gasteiger partial charge in [0.05, 0.1) is 17.6 Å². The summed E-state index contributed by atoms with van der Waals surface area (Å²) in [6, 6.07) is 1.47. The Bertz CT molecular complexity index is 547. The zero-order chi connectivity index (χ0) is 14.8. The molecule has 0 amide bonds. The van der Waals surface area contributed by atoms with Gasteiger partial charge in [-0.2, -0.15) is 0 Å². The van der Waals surface area contributed by atoms with Gasteiger partial charge >= 0.3 is 0 Å². The Hall–Kier alpha value is -0.890. The molecule has 1 aromatic heterocycles. The number of nitrogens with one attached hydrogen (secondary N) is 1. The Morgan fingerprint density at radius 3 is 2.75 bits per heavy atom. The standard InChI is InChI=1S/C13H22N2O4S/c1-3-4-15-8-13(7-11(15)9-16)20(17,18)14-10-5-12(6-10)19-2/h7-8,10,12,14,16H,3-6,9H2,1-2H3. The number of aliphatic hydroxyl groups is 1. The van der Waals surface area contributed by atoms with E-state index in [1.54, 1.807) is 17.9 Å². The van der Waals surface area contributed by atoms with Crippen LogP contribution in [0.15, 0.2) is 17.2 Å². The summed E-state index contributed by atoms with van der Waals surface area (Å²) >= 11 is 0. The van der Waals surface area contributed by atoms with Gasteiger partial charge in [0.1, 0.15) is 0 Å². The van der Waals surface area contributed by atoms with E-state index >= 15 is 0 Å². The Kier molecular flexibility index (Phi) is 4.85. The fourth-order valence-corrected chi connectivity index (χ4v) is 3.72. The Morgan fingerprint density at radius 2 is 2.20 bits per heavy atom. The average molecular weight is 302 g/mol. The van der Waals surface area contributed by atoms with Crippen LogP contribution in [-0.2, 0) is 27.9 Å². The molecule has 0 radical (unpaired) electrons. The largest absolute Gasteiger partial charge is 0.390 e. The van der Waals surface area contributed by atoms with Crippen molar-refractivity contribution in [3.8, 4) is 0 Å². The summed E-state index contributed by atoms with van der Waals surface area (Å²) in [4.78, 5) is 0.218. The van der Waals surface area contributed by atoms with Crippen LogP contribution in [0.25, 0.3) is 0 Å². The molecule has 7 heteroatoms. The van der Waals surface area contributed by atoms with Crippen molar-refractivity contribution < 1.29 is 18.3 Å². The molecule has 1 heterocycles. The average Bonchev–Trinajstić information content (AvgIpc) is 2.77. The van der Waals surface area contributed by atoms with E-state index in [1.807, 2.05) is 6.92 Å². The molecule has 0 saturated heterocycles. The highest BCUT2D eigenvalue weighted by Gasteiger charge is 2.33. The first-order chi connectivity index (χ1) is 9.50. The number of hydrogen-bond donors (Lipinski definition) is 2. The second-order valence-electron chi connectivity index (χ2n) is 5.17. The number of aromatic nitrogens is 1. The third-order valence-corrected chi connectivity index (χ3v) is 5.14. The fourth-order valence-electron chi connectivity index (χ4n) is 2.40. The summed E-state index contributed by atoms with van der Waals surface area (Å²) in [6.45, 7) is 2.54. The molecule has 1 saturated carbocycles. The second kappa shape index (κ2) is 6.26. The minimum absolute atomic E-state index is 0.0583. The van der Waals surface area contributed by atoms with Crippen molar-refractivity contribution in [1.29, 1.82) is 0 Å². The van der Waals surface area contributed by atoms with Gasteiger partial charge in [0.15, 0.2) is 0 Å². The first-order valence-electron chi connectivity index (χ1n) is 6.85. The maximum absolute atomic E-state index is 12.3. The minimum Gasteiger partial charge on any atom is -0.390 e. The third kappa shape index (κ3) is 3.22. The Morgan fingerprint density at radius 1 is 1.50 bits per heavy atom. The number of ether oxygens (including phenoxy) is 1. The van der Waals surface area contributed by atoms with E-state index in [9.17, 15) is 13.5 Å². The molecule has 2 N–H and O–H groups in total. The minimum atomic E-state index is -3.52. The zero-order valence-electron chi connectivity index (χ0n) is 11.9. The Balaban J connectivity index is 2.09. The van der Waals surface area contributed by atoms with Crippen molar-refractivity contribution >= 4 is 10.0 Å². The van der Waals surface area contributed by atoms with E-state index in [2.05, 4.69) is 4.72 Å². The highest BCUT2D eigenvalue weighted by Crippen LogP contribution is 2.25. The van der Waals surface area contributed by atoms with Gasteiger partial charge in [-0.05, 0) is 25.3 Å². The molecule has 1 aliphatic carbocycles. The maximum atomic E-state index is 12.3. The third-order valence-electron chi connectivity index (χ3n) is 3.65. The molecule has 0 spiro atoms. The first kappa shape index (κ1) is 15.5. The molecule has 1 aromatic rings. The first-order valence-corrected chi connectivity index (χ1v) is 8.33. The molecule has 0 aromatic carbocycles. The van der Waals surface area contributed by atoms with Gasteiger partial charge in [-0.3, -0.25) is 0 Å². The van der Waals surface area contributed by atoms with Crippen LogP contribution in [0.2, 0.25) is 0 Å². The van der Waals surface area contributed by atoms with Gasteiger partial charge in [-0.15, -0.1) is 0 Å². The van der Waals surface area contributed by atoms with Crippen molar-refractivity contribution in [2.75, 3.05) is 7.11 Å². The fraction of sp³-hybridized carbons (Fsp3) is 0.692. The normalized spacial score (nSPS) is 22.8. The van der Waals surface area contributed by atoms with E-state index < -0.39 is 10.0 Å². The molecular formula is C13H22N2O4S. The maximum Gasteiger partial charge on any atom is 0.242 e. The predicted molar refractivity (Wildman–Crippen MR) is 74.8 cm³/mol. The highest BCUT2D eigenvalue weighted by atomic mass is 32.2. The van der Waals surface area contributed by atoms with Crippen molar-refractivity contribution in [2.45, 2.75) is 56.4 Å². The van der Waals surface area contributed by atoms with Gasteiger partial charge in [-0.1, -0.05) is 6.92 Å². The molecule has 1 aliphatic rings. The Labute approximate surface area is 119 Å². The smallest absolute Gasteiger partial charge is 0.242 e. The molecule has 6 nitrogen and oxygen atoms in total. The van der Waals surface area contributed by atoms with E-state index in [-0.39, 0.29) is 23.6 Å². The topological polar surface area (TPSA) is 80.6 Å². The number of aryl methyl sites for hydroxylation is 1. The molecule has 20 heavy (non-hydrogen) atoms. The highest BCUT2D eigenvalue weighted by molar-refractivity contribution is 7.89. The van der Waals surface area contributed by atoms with Crippen LogP contribution in [-0.4, -0.2) is 37.3 Å². The lowest BCUT2D eigenvalue weighted by Gasteiger charge is -2.34. The number of hydrogen-bond acceptors (Lipinski definition) is 4. The van der Waals surface area contributed by atoms with Gasteiger partial charge in [0, 0.05) is 31.6 Å². The number of nitrogens with zero attached hydrogens (tertiary/aromatic N) is 1. The molecule has 1 fully saturated rings. The quantitative estimate of drug-likeness (QED) is 0.782. The van der Waals surface area contributed by atoms with Crippen molar-refractivity contribution in [1.82, 2.24) is 9.29 Å². The van der Waals surface area contributed by atoms with Crippen LogP contribution in [0.3, 0.4) is 0 Å². The monoisotopic (exact) mass is 302 g/mol. The number of sulfonamides is 1. The van der Waals surface area contributed by atoms with Gasteiger partial charge in [-0.25, -0.2) is 13.1 Å². The summed E-state index contributed by atoms with van der Waals surface area (Å²) < 4.78 is 34.1. The molecule has 0 bridgehead atoms. The van der Waals surface area contributed by atoms with Gasteiger partial charge in [0.2, 0.25) is 10.0 Å². The van der Waals surface area contributed by atoms with Crippen molar-refractivity contribution in [2.24, 2.45) is 0 Å². The molecule has 2 rings (SSSR count). The van der Waals surface area contributed by atoms with E-state index in [1.165, 1.54) is 6.07 Å². The van der Waals surface area contributed by atoms with Crippen LogP contribution < -0.4 is 4.72 Å². The molecule has 0 aliphatic heterocycles. The van der Waals surface area contributed by atoms with Crippen LogP contribution in [0.1, 0.15) is 31.9 Å². The summed E-state index contributed by atoms with van der Waals surface area (Å²) in [6.07, 6.45) is 4.04. The lowest BCUT2D eigenvalue weighted by Crippen LogP contribution is -2.47. The lowest BCUT2D eigenvalue weighted by atomic mass is 9.90. The zero-order valence-corrected chi connectivity index (χ0v) is 12.7. The SMILES string of the molecule is CCCn1cc(S(=O)(=O)NC2CC(OC)C2)cc1CO. The number of rotatable bonds is 7. The van der Waals surface area contributed by atoms with Gasteiger partial charge in [0.25, 0.3) is 0 Å². The molecular weight excluding hydrogens is 280 g/mol. The van der Waals surface area contributed by atoms with Crippen molar-refractivity contribution in [3.63, 3.8) is 0 Å². The summed E-state index contributed by atoms with van der Waals surface area (Å²) in [5, 5.41) is 9.28. The number of aliphatic hydroxyl groups excluding tert-OH is 1. The van der Waals surface area contributed by atoms with E-state index in [0.717, 1.165) is 6.42 Å². The molecule has 0 atom stereocenters. The summed E-state index contributed by atoms with van der Waals surface area (Å²) in [5.74, 6) is 0. The van der Waals surface area contributed by atoms with E-state index in [0.29, 0.717) is 25.1 Å². The summed E-state index contributed by atoms with van der Waals surface area (Å²) in [7, 11) is -1.89. The van der Waals surface area contributed by atoms with Crippen molar-refractivity contribution in [3.05, 3.63) is 18.0 Å². The summed E-state index contributed by atoms with van der Waals surface area (Å²) in [5.41, 5.74) is 0.621. The van der Waals surface area contributed by atoms with Crippen LogP contribution >= 0.6 is 0 Å². The predicted octanol–water partition coefficient (Wildman–Crippen LogP) is 0.846. The molecule has 114 valence electrons. The van der Waals surface area contributed by atoms with Crippen LogP contribution in [0, 0.1) is 0 Å². The second-order valence-corrected chi connectivity index (χ2v) is 6.88. The molecule has 0 unspecified atom stereocenters. The number of methoxy groups -OCH3 is 1. The lowest BCUT2D eigenvalue weighted by molar-refractivity contribution is 0.0236. The van der Waals surface area contributed by atoms with Crippen LogP contribution in [0.5, 0.6) is 0 Å².